The lowest BCUT2D eigenvalue weighted by Crippen LogP contribution is -2.23. The number of rotatable bonds is 4. The normalized spacial score (nSPS) is 20.3. The first kappa shape index (κ1) is 14.9. The molecule has 0 saturated carbocycles. The highest BCUT2D eigenvalue weighted by Gasteiger charge is 2.27. The Hall–Kier alpha value is -2.00. The van der Waals surface area contributed by atoms with E-state index in [-0.39, 0.29) is 12.2 Å². The van der Waals surface area contributed by atoms with Crippen molar-refractivity contribution >= 4 is 0 Å². The smallest absolute Gasteiger partial charge is 0.165 e. The highest BCUT2D eigenvalue weighted by molar-refractivity contribution is 5.52. The predicted molar refractivity (Wildman–Crippen MR) is 86.4 cm³/mol. The fourth-order valence-corrected chi connectivity index (χ4v) is 3.02. The van der Waals surface area contributed by atoms with Crippen molar-refractivity contribution in [2.45, 2.75) is 39.1 Å². The van der Waals surface area contributed by atoms with Crippen LogP contribution in [0.25, 0.3) is 0 Å². The maximum absolute atomic E-state index is 6.13. The van der Waals surface area contributed by atoms with Crippen molar-refractivity contribution in [3.8, 4) is 11.5 Å². The molecule has 0 bridgehead atoms. The Bertz CT molecular complexity index is 637. The molecule has 2 atom stereocenters. The number of hydrogen-bond donors (Lipinski definition) is 0. The molecule has 0 fully saturated rings. The first-order valence-corrected chi connectivity index (χ1v) is 7.71. The molecule has 1 heterocycles. The van der Waals surface area contributed by atoms with Crippen LogP contribution in [0.1, 0.15) is 36.6 Å². The summed E-state index contributed by atoms with van der Waals surface area (Å²) in [4.78, 5) is 0. The van der Waals surface area contributed by atoms with Crippen LogP contribution in [0.15, 0.2) is 42.5 Å². The van der Waals surface area contributed by atoms with E-state index in [4.69, 9.17) is 14.2 Å². The Morgan fingerprint density at radius 1 is 1.09 bits per heavy atom. The average Bonchev–Trinajstić information content (AvgIpc) is 2.53. The third-order valence-electron chi connectivity index (χ3n) is 4.07. The standard InChI is InChI=1S/C19H22O3/c1-13-11-17-16(14(2)22-13)9-10-18(20-3)19(17)21-12-15-7-5-4-6-8-15/h4-10,13-14H,11-12H2,1-3H3/t13-,14-/m1/s1. The topological polar surface area (TPSA) is 27.7 Å². The number of methoxy groups -OCH3 is 1. The van der Waals surface area contributed by atoms with E-state index in [0.717, 1.165) is 23.5 Å². The molecule has 0 amide bonds. The van der Waals surface area contributed by atoms with E-state index >= 15 is 0 Å². The summed E-state index contributed by atoms with van der Waals surface area (Å²) in [6.45, 7) is 4.72. The molecule has 0 aliphatic carbocycles. The summed E-state index contributed by atoms with van der Waals surface area (Å²) in [7, 11) is 1.68. The van der Waals surface area contributed by atoms with Crippen molar-refractivity contribution in [1.82, 2.24) is 0 Å². The monoisotopic (exact) mass is 298 g/mol. The zero-order valence-corrected chi connectivity index (χ0v) is 13.3. The van der Waals surface area contributed by atoms with Gasteiger partial charge in [-0.15, -0.1) is 0 Å². The number of fused-ring (bicyclic) bond motifs is 1. The van der Waals surface area contributed by atoms with Gasteiger partial charge in [0.2, 0.25) is 0 Å². The van der Waals surface area contributed by atoms with Gasteiger partial charge in [0.05, 0.1) is 19.3 Å². The molecule has 3 nitrogen and oxygen atoms in total. The lowest BCUT2D eigenvalue weighted by atomic mass is 9.94. The third kappa shape index (κ3) is 2.95. The summed E-state index contributed by atoms with van der Waals surface area (Å²) in [5.74, 6) is 1.64. The van der Waals surface area contributed by atoms with Crippen LogP contribution >= 0.6 is 0 Å². The Morgan fingerprint density at radius 3 is 2.59 bits per heavy atom. The quantitative estimate of drug-likeness (QED) is 0.842. The summed E-state index contributed by atoms with van der Waals surface area (Å²) >= 11 is 0. The Labute approximate surface area is 131 Å². The van der Waals surface area contributed by atoms with Crippen molar-refractivity contribution in [2.75, 3.05) is 7.11 Å². The molecule has 0 aromatic heterocycles. The molecule has 2 aromatic rings. The SMILES string of the molecule is COc1ccc2c(c1OCc1ccccc1)C[C@@H](C)O[C@@H]2C. The maximum Gasteiger partial charge on any atom is 0.165 e. The van der Waals surface area contributed by atoms with Gasteiger partial charge in [-0.2, -0.15) is 0 Å². The van der Waals surface area contributed by atoms with Gasteiger partial charge >= 0.3 is 0 Å². The van der Waals surface area contributed by atoms with Gasteiger partial charge in [-0.3, -0.25) is 0 Å². The van der Waals surface area contributed by atoms with Crippen LogP contribution in [0.3, 0.4) is 0 Å². The number of hydrogen-bond acceptors (Lipinski definition) is 3. The fourth-order valence-electron chi connectivity index (χ4n) is 3.02. The molecule has 1 aliphatic heterocycles. The largest absolute Gasteiger partial charge is 0.493 e. The molecule has 116 valence electrons. The molecule has 3 heteroatoms. The van der Waals surface area contributed by atoms with Crippen LogP contribution < -0.4 is 9.47 Å². The molecule has 0 spiro atoms. The number of ether oxygens (including phenoxy) is 3. The summed E-state index contributed by atoms with van der Waals surface area (Å²) < 4.78 is 17.5. The lowest BCUT2D eigenvalue weighted by Gasteiger charge is -2.30. The molecule has 0 saturated heterocycles. The van der Waals surface area contributed by atoms with Crippen LogP contribution in [0.5, 0.6) is 11.5 Å². The Kier molecular flexibility index (Phi) is 4.34. The van der Waals surface area contributed by atoms with Crippen LogP contribution in [-0.4, -0.2) is 13.2 Å². The fraction of sp³-hybridized carbons (Fsp3) is 0.368. The molecular weight excluding hydrogens is 276 g/mol. The van der Waals surface area contributed by atoms with E-state index in [2.05, 4.69) is 32.0 Å². The van der Waals surface area contributed by atoms with Crippen LogP contribution in [0.2, 0.25) is 0 Å². The van der Waals surface area contributed by atoms with Crippen molar-refractivity contribution < 1.29 is 14.2 Å². The van der Waals surface area contributed by atoms with Gasteiger partial charge in [0.1, 0.15) is 6.61 Å². The van der Waals surface area contributed by atoms with Gasteiger partial charge in [-0.25, -0.2) is 0 Å². The van der Waals surface area contributed by atoms with Gasteiger partial charge in [0.25, 0.3) is 0 Å². The number of benzene rings is 2. The van der Waals surface area contributed by atoms with Gasteiger partial charge in [-0.05, 0) is 31.0 Å². The van der Waals surface area contributed by atoms with Gasteiger partial charge < -0.3 is 14.2 Å². The van der Waals surface area contributed by atoms with Gasteiger partial charge in [0, 0.05) is 12.0 Å². The second-order valence-electron chi connectivity index (χ2n) is 5.73. The summed E-state index contributed by atoms with van der Waals surface area (Å²) in [5.41, 5.74) is 3.55. The van der Waals surface area contributed by atoms with Crippen molar-refractivity contribution in [3.63, 3.8) is 0 Å². The first-order chi connectivity index (χ1) is 10.7. The van der Waals surface area contributed by atoms with E-state index in [1.807, 2.05) is 24.3 Å². The van der Waals surface area contributed by atoms with E-state index in [1.165, 1.54) is 11.1 Å². The van der Waals surface area contributed by atoms with E-state index in [9.17, 15) is 0 Å². The van der Waals surface area contributed by atoms with Crippen LogP contribution in [0, 0.1) is 0 Å². The van der Waals surface area contributed by atoms with Gasteiger partial charge in [0.15, 0.2) is 11.5 Å². The average molecular weight is 298 g/mol. The highest BCUT2D eigenvalue weighted by Crippen LogP contribution is 2.41. The summed E-state index contributed by atoms with van der Waals surface area (Å²) in [6, 6.07) is 14.2. The van der Waals surface area contributed by atoms with E-state index in [0.29, 0.717) is 6.61 Å². The second-order valence-corrected chi connectivity index (χ2v) is 5.73. The van der Waals surface area contributed by atoms with Crippen LogP contribution in [0.4, 0.5) is 0 Å². The minimum atomic E-state index is 0.0868. The Morgan fingerprint density at radius 2 is 1.86 bits per heavy atom. The summed E-state index contributed by atoms with van der Waals surface area (Å²) in [6.07, 6.45) is 1.12. The zero-order valence-electron chi connectivity index (χ0n) is 13.3. The predicted octanol–water partition coefficient (Wildman–Crippen LogP) is 4.30. The molecule has 0 unspecified atom stereocenters. The molecule has 3 rings (SSSR count). The zero-order chi connectivity index (χ0) is 15.5. The summed E-state index contributed by atoms with van der Waals surface area (Å²) in [5, 5.41) is 0. The van der Waals surface area contributed by atoms with Crippen molar-refractivity contribution in [3.05, 3.63) is 59.2 Å². The molecule has 1 aliphatic rings. The van der Waals surface area contributed by atoms with E-state index < -0.39 is 0 Å². The molecular formula is C19H22O3. The Balaban J connectivity index is 1.93. The van der Waals surface area contributed by atoms with Crippen LogP contribution in [-0.2, 0) is 17.8 Å². The first-order valence-electron chi connectivity index (χ1n) is 7.71. The molecule has 22 heavy (non-hydrogen) atoms. The van der Waals surface area contributed by atoms with Gasteiger partial charge in [-0.1, -0.05) is 36.4 Å². The molecule has 2 aromatic carbocycles. The third-order valence-corrected chi connectivity index (χ3v) is 4.07. The molecule has 0 radical (unpaired) electrons. The van der Waals surface area contributed by atoms with Crippen molar-refractivity contribution in [1.29, 1.82) is 0 Å². The minimum absolute atomic E-state index is 0.0868. The van der Waals surface area contributed by atoms with Crippen molar-refractivity contribution in [2.24, 2.45) is 0 Å². The minimum Gasteiger partial charge on any atom is -0.493 e. The molecule has 0 N–H and O–H groups in total. The van der Waals surface area contributed by atoms with E-state index in [1.54, 1.807) is 7.11 Å². The lowest BCUT2D eigenvalue weighted by molar-refractivity contribution is -0.00566. The second kappa shape index (κ2) is 6.41. The highest BCUT2D eigenvalue weighted by atomic mass is 16.5. The maximum atomic E-state index is 6.13.